The Morgan fingerprint density at radius 3 is 2.34 bits per heavy atom. The summed E-state index contributed by atoms with van der Waals surface area (Å²) in [5.74, 6) is 3.32. The fraction of sp³-hybridized carbons (Fsp3) is 0.304. The van der Waals surface area contributed by atoms with E-state index in [1.807, 2.05) is 44.2 Å². The van der Waals surface area contributed by atoms with Crippen LogP contribution in [0, 0.1) is 6.92 Å². The molecule has 1 aromatic heterocycles. The molecule has 4 rings (SSSR count). The lowest BCUT2D eigenvalue weighted by atomic mass is 10.2. The van der Waals surface area contributed by atoms with Crippen LogP contribution in [0.1, 0.15) is 12.7 Å². The summed E-state index contributed by atoms with van der Waals surface area (Å²) < 4.78 is 5.72. The molecule has 0 bridgehead atoms. The average molecular weight is 390 g/mol. The molecule has 1 aliphatic rings. The first kappa shape index (κ1) is 19.1. The summed E-state index contributed by atoms with van der Waals surface area (Å²) in [6.45, 7) is 8.35. The van der Waals surface area contributed by atoms with Crippen LogP contribution < -0.4 is 19.9 Å². The molecule has 6 nitrogen and oxygen atoms in total. The minimum absolute atomic E-state index is 0.623. The van der Waals surface area contributed by atoms with Crippen LogP contribution in [0.15, 0.2) is 60.7 Å². The van der Waals surface area contributed by atoms with E-state index in [0.29, 0.717) is 6.61 Å². The summed E-state index contributed by atoms with van der Waals surface area (Å²) in [5.41, 5.74) is 2.19. The molecular formula is C23H27N5O. The monoisotopic (exact) mass is 389 g/mol. The molecule has 2 heterocycles. The van der Waals surface area contributed by atoms with Gasteiger partial charge in [-0.3, -0.25) is 0 Å². The van der Waals surface area contributed by atoms with Gasteiger partial charge in [0.25, 0.3) is 0 Å². The predicted molar refractivity (Wildman–Crippen MR) is 119 cm³/mol. The highest BCUT2D eigenvalue weighted by molar-refractivity contribution is 5.66. The van der Waals surface area contributed by atoms with E-state index in [9.17, 15) is 0 Å². The number of anilines is 4. The quantitative estimate of drug-likeness (QED) is 0.680. The van der Waals surface area contributed by atoms with Gasteiger partial charge in [-0.25, -0.2) is 9.97 Å². The van der Waals surface area contributed by atoms with Gasteiger partial charge in [-0.2, -0.15) is 0 Å². The summed E-state index contributed by atoms with van der Waals surface area (Å²) >= 11 is 0. The van der Waals surface area contributed by atoms with Gasteiger partial charge < -0.3 is 19.9 Å². The lowest BCUT2D eigenvalue weighted by Gasteiger charge is -2.36. The van der Waals surface area contributed by atoms with Crippen LogP contribution in [-0.2, 0) is 0 Å². The Morgan fingerprint density at radius 2 is 1.59 bits per heavy atom. The van der Waals surface area contributed by atoms with Gasteiger partial charge in [-0.1, -0.05) is 30.3 Å². The molecule has 150 valence electrons. The number of para-hydroxylation sites is 3. The number of hydrogen-bond donors (Lipinski definition) is 1. The fourth-order valence-corrected chi connectivity index (χ4v) is 3.60. The number of hydrogen-bond acceptors (Lipinski definition) is 6. The van der Waals surface area contributed by atoms with Gasteiger partial charge in [0.05, 0.1) is 12.3 Å². The Balaban J connectivity index is 1.48. The standard InChI is InChI=1S/C23H27N5O/c1-3-29-21-12-8-7-11-20(21)26-22-17-23(25-18(2)24-22)28-15-13-27(14-16-28)19-9-5-4-6-10-19/h4-12,17H,3,13-16H2,1-2H3,(H,24,25,26). The molecule has 3 aromatic rings. The average Bonchev–Trinajstić information content (AvgIpc) is 2.76. The summed E-state index contributed by atoms with van der Waals surface area (Å²) in [6, 6.07) is 20.5. The zero-order valence-electron chi connectivity index (χ0n) is 17.0. The first-order valence-corrected chi connectivity index (χ1v) is 10.1. The van der Waals surface area contributed by atoms with Crippen molar-refractivity contribution in [3.8, 4) is 5.75 Å². The number of nitrogens with zero attached hydrogens (tertiary/aromatic N) is 4. The predicted octanol–water partition coefficient (Wildman–Crippen LogP) is 4.25. The molecule has 0 aliphatic carbocycles. The molecule has 1 fully saturated rings. The van der Waals surface area contributed by atoms with Crippen molar-refractivity contribution in [1.29, 1.82) is 0 Å². The van der Waals surface area contributed by atoms with Gasteiger partial charge in [-0.15, -0.1) is 0 Å². The van der Waals surface area contributed by atoms with Crippen LogP contribution in [0.4, 0.5) is 23.0 Å². The highest BCUT2D eigenvalue weighted by Gasteiger charge is 2.19. The van der Waals surface area contributed by atoms with Crippen LogP contribution >= 0.6 is 0 Å². The van der Waals surface area contributed by atoms with E-state index in [1.54, 1.807) is 0 Å². The topological polar surface area (TPSA) is 53.5 Å². The normalized spacial score (nSPS) is 14.0. The molecule has 0 atom stereocenters. The van der Waals surface area contributed by atoms with Crippen molar-refractivity contribution in [1.82, 2.24) is 9.97 Å². The van der Waals surface area contributed by atoms with E-state index in [-0.39, 0.29) is 0 Å². The number of rotatable bonds is 6. The molecule has 0 amide bonds. The molecule has 0 saturated carbocycles. The maximum atomic E-state index is 5.72. The Morgan fingerprint density at radius 1 is 0.897 bits per heavy atom. The number of aryl methyl sites for hydroxylation is 1. The molecule has 2 aromatic carbocycles. The molecule has 1 N–H and O–H groups in total. The minimum Gasteiger partial charge on any atom is -0.492 e. The third kappa shape index (κ3) is 4.59. The number of aromatic nitrogens is 2. The van der Waals surface area contributed by atoms with Crippen molar-refractivity contribution < 1.29 is 4.74 Å². The van der Waals surface area contributed by atoms with Gasteiger partial charge in [0.15, 0.2) is 0 Å². The molecule has 1 aliphatic heterocycles. The smallest absolute Gasteiger partial charge is 0.142 e. The van der Waals surface area contributed by atoms with E-state index < -0.39 is 0 Å². The first-order valence-electron chi connectivity index (χ1n) is 10.1. The Labute approximate surface area is 172 Å². The largest absolute Gasteiger partial charge is 0.492 e. The second-order valence-corrected chi connectivity index (χ2v) is 7.02. The molecule has 29 heavy (non-hydrogen) atoms. The minimum atomic E-state index is 0.623. The Kier molecular flexibility index (Phi) is 5.79. The van der Waals surface area contributed by atoms with E-state index in [1.165, 1.54) is 5.69 Å². The van der Waals surface area contributed by atoms with Crippen molar-refractivity contribution >= 4 is 23.0 Å². The fourth-order valence-electron chi connectivity index (χ4n) is 3.60. The highest BCUT2D eigenvalue weighted by atomic mass is 16.5. The van der Waals surface area contributed by atoms with Crippen LogP contribution in [0.2, 0.25) is 0 Å². The van der Waals surface area contributed by atoms with Gasteiger partial charge in [0, 0.05) is 37.9 Å². The summed E-state index contributed by atoms with van der Waals surface area (Å²) in [6.07, 6.45) is 0. The molecule has 0 radical (unpaired) electrons. The number of benzene rings is 2. The zero-order valence-corrected chi connectivity index (χ0v) is 17.0. The van der Waals surface area contributed by atoms with Crippen molar-refractivity contribution in [3.63, 3.8) is 0 Å². The van der Waals surface area contributed by atoms with Crippen molar-refractivity contribution in [2.24, 2.45) is 0 Å². The number of piperazine rings is 1. The van der Waals surface area contributed by atoms with Gasteiger partial charge >= 0.3 is 0 Å². The maximum absolute atomic E-state index is 5.72. The Bertz CT molecular complexity index is 939. The second kappa shape index (κ2) is 8.82. The van der Waals surface area contributed by atoms with Gasteiger partial charge in [-0.05, 0) is 38.1 Å². The van der Waals surface area contributed by atoms with Crippen molar-refractivity contribution in [2.75, 3.05) is 47.9 Å². The van der Waals surface area contributed by atoms with Crippen molar-refractivity contribution in [2.45, 2.75) is 13.8 Å². The van der Waals surface area contributed by atoms with E-state index >= 15 is 0 Å². The zero-order chi connectivity index (χ0) is 20.1. The summed E-state index contributed by atoms with van der Waals surface area (Å²) in [4.78, 5) is 14.0. The van der Waals surface area contributed by atoms with E-state index in [0.717, 1.165) is 55.1 Å². The third-order valence-corrected chi connectivity index (χ3v) is 5.00. The highest BCUT2D eigenvalue weighted by Crippen LogP contribution is 2.28. The van der Waals surface area contributed by atoms with E-state index in [2.05, 4.69) is 55.4 Å². The van der Waals surface area contributed by atoms with Crippen LogP contribution in [0.3, 0.4) is 0 Å². The Hall–Kier alpha value is -3.28. The SMILES string of the molecule is CCOc1ccccc1Nc1cc(N2CCN(c3ccccc3)CC2)nc(C)n1. The summed E-state index contributed by atoms with van der Waals surface area (Å²) in [5, 5.41) is 3.40. The molecule has 0 spiro atoms. The van der Waals surface area contributed by atoms with Crippen LogP contribution in [-0.4, -0.2) is 42.8 Å². The number of nitrogens with one attached hydrogen (secondary N) is 1. The lowest BCUT2D eigenvalue weighted by molar-refractivity contribution is 0.342. The summed E-state index contributed by atoms with van der Waals surface area (Å²) in [7, 11) is 0. The molecule has 6 heteroatoms. The first-order chi connectivity index (χ1) is 14.2. The van der Waals surface area contributed by atoms with Crippen molar-refractivity contribution in [3.05, 3.63) is 66.5 Å². The van der Waals surface area contributed by atoms with Gasteiger partial charge in [0.2, 0.25) is 0 Å². The number of ether oxygens (including phenoxy) is 1. The van der Waals surface area contributed by atoms with Crippen LogP contribution in [0.25, 0.3) is 0 Å². The van der Waals surface area contributed by atoms with E-state index in [4.69, 9.17) is 4.74 Å². The van der Waals surface area contributed by atoms with Gasteiger partial charge in [0.1, 0.15) is 23.2 Å². The second-order valence-electron chi connectivity index (χ2n) is 7.02. The molecule has 0 unspecified atom stereocenters. The lowest BCUT2D eigenvalue weighted by Crippen LogP contribution is -2.46. The third-order valence-electron chi connectivity index (χ3n) is 5.00. The van der Waals surface area contributed by atoms with Crippen LogP contribution in [0.5, 0.6) is 5.75 Å². The molecule has 1 saturated heterocycles. The maximum Gasteiger partial charge on any atom is 0.142 e. The molecular weight excluding hydrogens is 362 g/mol.